The Labute approximate surface area is 344 Å². The minimum Gasteiger partial charge on any atom is -0.379 e. The van der Waals surface area contributed by atoms with Gasteiger partial charge in [0.05, 0.1) is 26.4 Å². The van der Waals surface area contributed by atoms with Gasteiger partial charge in [-0.25, -0.2) is 9.97 Å². The Morgan fingerprint density at radius 1 is 0.754 bits per heavy atom. The summed E-state index contributed by atoms with van der Waals surface area (Å²) < 4.78 is 12.2. The highest BCUT2D eigenvalue weighted by Gasteiger charge is 2.17. The Kier molecular flexibility index (Phi) is 25.2. The third kappa shape index (κ3) is 18.9. The van der Waals surface area contributed by atoms with Gasteiger partial charge < -0.3 is 14.4 Å². The maximum Gasteiger partial charge on any atom is 0.248 e. The van der Waals surface area contributed by atoms with Gasteiger partial charge in [-0.1, -0.05) is 42.0 Å². The van der Waals surface area contributed by atoms with Gasteiger partial charge in [0.15, 0.2) is 11.6 Å². The number of carbonyl (C=O) groups excluding carboxylic acids is 2. The predicted octanol–water partition coefficient (Wildman–Crippen LogP) is 5.93. The summed E-state index contributed by atoms with van der Waals surface area (Å²) >= 11 is 4.82. The maximum atomic E-state index is 12.2. The van der Waals surface area contributed by atoms with E-state index >= 15 is 0 Å². The lowest BCUT2D eigenvalue weighted by Crippen LogP contribution is -2.37. The van der Waals surface area contributed by atoms with Crippen molar-refractivity contribution in [1.29, 1.82) is 0 Å². The smallest absolute Gasteiger partial charge is 0.248 e. The third-order valence-electron chi connectivity index (χ3n) is 9.17. The number of hydrogen-bond donors (Lipinski definition) is 1. The van der Waals surface area contributed by atoms with Crippen LogP contribution in [0.3, 0.4) is 0 Å². The number of hydrogen-bond acceptors (Lipinski definition) is 13. The highest BCUT2D eigenvalue weighted by atomic mass is 35.5. The van der Waals surface area contributed by atoms with Gasteiger partial charge in [0, 0.05) is 87.8 Å². The zero-order chi connectivity index (χ0) is 40.4. The van der Waals surface area contributed by atoms with Crippen LogP contribution in [0.2, 0.25) is 0 Å². The number of halogens is 1. The van der Waals surface area contributed by atoms with E-state index in [9.17, 15) is 9.59 Å². The molecule has 0 radical (unpaired) electrons. The molecule has 2 aliphatic rings. The summed E-state index contributed by atoms with van der Waals surface area (Å²) in [6.07, 6.45) is 11.5. The van der Waals surface area contributed by atoms with Gasteiger partial charge in [-0.15, -0.1) is 5.10 Å². The summed E-state index contributed by atoms with van der Waals surface area (Å²) in [6.45, 7) is 23.1. The molecular weight excluding hydrogens is 746 g/mol. The van der Waals surface area contributed by atoms with Crippen LogP contribution >= 0.6 is 11.6 Å². The summed E-state index contributed by atoms with van der Waals surface area (Å²) in [6, 6.07) is 7.61. The van der Waals surface area contributed by atoms with Crippen LogP contribution in [0, 0.1) is 0 Å². The quantitative estimate of drug-likeness (QED) is 0.141. The normalized spacial score (nSPS) is 14.2. The van der Waals surface area contributed by atoms with Gasteiger partial charge in [-0.3, -0.25) is 34.5 Å². The van der Waals surface area contributed by atoms with E-state index in [4.69, 9.17) is 21.1 Å². The zero-order valence-corrected chi connectivity index (χ0v) is 34.8. The number of ether oxygens (including phenoxy) is 2. The van der Waals surface area contributed by atoms with Gasteiger partial charge in [0.2, 0.25) is 11.1 Å². The first kappa shape index (κ1) is 49.2. The number of carbonyl (C=O) groups is 2. The van der Waals surface area contributed by atoms with E-state index in [-0.39, 0.29) is 18.6 Å². The topological polar surface area (TPSA) is 160 Å². The van der Waals surface area contributed by atoms with Crippen LogP contribution in [0.25, 0.3) is 22.8 Å². The number of nitrogens with zero attached hydrogens (tertiary/aromatic N) is 10. The highest BCUT2D eigenvalue weighted by Crippen LogP contribution is 2.16. The van der Waals surface area contributed by atoms with Gasteiger partial charge in [-0.2, -0.15) is 9.78 Å². The van der Waals surface area contributed by atoms with Gasteiger partial charge in [0.25, 0.3) is 0 Å². The molecule has 0 saturated carbocycles. The molecule has 1 N–H and O–H groups in total. The van der Waals surface area contributed by atoms with E-state index in [2.05, 4.69) is 70.7 Å². The molecule has 0 aliphatic carbocycles. The maximum absolute atomic E-state index is 12.2. The van der Waals surface area contributed by atoms with Crippen molar-refractivity contribution in [2.45, 2.75) is 80.6 Å². The van der Waals surface area contributed by atoms with E-state index in [1.54, 1.807) is 31.7 Å². The second kappa shape index (κ2) is 29.3. The van der Waals surface area contributed by atoms with Crippen molar-refractivity contribution in [1.82, 2.24) is 54.6 Å². The van der Waals surface area contributed by atoms with Crippen LogP contribution in [-0.4, -0.2) is 151 Å². The van der Waals surface area contributed by atoms with Gasteiger partial charge in [0.1, 0.15) is 11.6 Å². The molecule has 2 saturated heterocycles. The molecule has 4 aromatic heterocycles. The van der Waals surface area contributed by atoms with E-state index in [0.29, 0.717) is 18.7 Å². The molecule has 6 heterocycles. The average Bonchev–Trinajstić information content (AvgIpc) is 3.91. The molecule has 0 spiro atoms. The first-order valence-corrected chi connectivity index (χ1v) is 20.4. The molecule has 0 unspecified atom stereocenters. The van der Waals surface area contributed by atoms with Crippen molar-refractivity contribution in [2.75, 3.05) is 85.3 Å². The number of aromatic amines is 1. The van der Waals surface area contributed by atoms with E-state index in [0.717, 1.165) is 120 Å². The number of morpholine rings is 2. The first-order chi connectivity index (χ1) is 27.3. The molecule has 2 fully saturated rings. The molecule has 0 atom stereocenters. The lowest BCUT2D eigenvalue weighted by molar-refractivity contribution is -0.111. The predicted molar refractivity (Wildman–Crippen MR) is 226 cm³/mol. The Bertz CT molecular complexity index is 1620. The van der Waals surface area contributed by atoms with E-state index < -0.39 is 0 Å². The molecule has 16 heteroatoms. The fourth-order valence-corrected chi connectivity index (χ4v) is 5.76. The van der Waals surface area contributed by atoms with Gasteiger partial charge >= 0.3 is 0 Å². The molecular formula is C41H66ClN11O4. The van der Waals surface area contributed by atoms with Crippen molar-refractivity contribution >= 4 is 22.8 Å². The summed E-state index contributed by atoms with van der Waals surface area (Å²) in [5.74, 6) is 2.93. The third-order valence-corrected chi connectivity index (χ3v) is 9.44. The SMILES string of the molecule is C.CCC(=O)Cl.CCC(=O)n1nc(-c2cccnc2)nc1CCCN1CCOCC1.CCN(CC)CC.c1cncc(-c2n[nH]c(CCCN3CCOCC3)n2)c1. The molecule has 0 bridgehead atoms. The van der Waals surface area contributed by atoms with Crippen LogP contribution < -0.4 is 0 Å². The van der Waals surface area contributed by atoms with Crippen molar-refractivity contribution < 1.29 is 19.1 Å². The van der Waals surface area contributed by atoms with Crippen LogP contribution in [0.5, 0.6) is 0 Å². The number of rotatable bonds is 15. The lowest BCUT2D eigenvalue weighted by atomic mass is 10.2. The van der Waals surface area contributed by atoms with Crippen LogP contribution in [0.1, 0.15) is 84.2 Å². The summed E-state index contributed by atoms with van der Waals surface area (Å²) in [4.78, 5) is 46.2. The number of aromatic nitrogens is 8. The largest absolute Gasteiger partial charge is 0.379 e. The summed E-state index contributed by atoms with van der Waals surface area (Å²) in [5.41, 5.74) is 1.78. The molecule has 0 aromatic carbocycles. The fraction of sp³-hybridized carbons (Fsp3) is 0.610. The van der Waals surface area contributed by atoms with E-state index in [1.807, 2.05) is 31.2 Å². The first-order valence-electron chi connectivity index (χ1n) is 20.0. The zero-order valence-electron chi connectivity index (χ0n) is 34.0. The second-order valence-electron chi connectivity index (χ2n) is 13.0. The molecule has 0 amide bonds. The number of nitrogens with one attached hydrogen (secondary N) is 1. The Balaban J connectivity index is 0.000000305. The molecule has 6 rings (SSSR count). The monoisotopic (exact) mass is 811 g/mol. The average molecular weight is 813 g/mol. The summed E-state index contributed by atoms with van der Waals surface area (Å²) in [7, 11) is 0. The summed E-state index contributed by atoms with van der Waals surface area (Å²) in [5, 5.41) is 11.4. The molecule has 57 heavy (non-hydrogen) atoms. The standard InChI is InChI=1S/C17H23N5O2.C14H19N5O.C6H15N.C3H5ClO.CH4/c1-2-16(23)22-15(6-4-8-21-9-11-24-12-10-21)19-17(20-22)14-5-3-7-18-13-14;1-3-12(11-15-5-1)14-16-13(17-18-14)4-2-6-19-7-9-20-10-8-19;1-4-7(5-2)6-3;1-2-3(4)5;/h3,5,7,13H,2,4,6,8-12H2,1H3;1,3,5,11H,2,4,6-10H2,(H,16,17,18);4-6H2,1-3H3;2H2,1H3;1H4. The van der Waals surface area contributed by atoms with Crippen LogP contribution in [0.15, 0.2) is 49.1 Å². The Hall–Kier alpha value is -3.99. The highest BCUT2D eigenvalue weighted by molar-refractivity contribution is 6.63. The molecule has 2 aliphatic heterocycles. The molecule has 15 nitrogen and oxygen atoms in total. The van der Waals surface area contributed by atoms with Gasteiger partial charge in [-0.05, 0) is 81.4 Å². The molecule has 316 valence electrons. The fourth-order valence-electron chi connectivity index (χ4n) is 5.76. The van der Waals surface area contributed by atoms with Crippen molar-refractivity contribution in [3.8, 4) is 22.8 Å². The second-order valence-corrected chi connectivity index (χ2v) is 13.5. The Morgan fingerprint density at radius 2 is 1.26 bits per heavy atom. The number of pyridine rings is 2. The van der Waals surface area contributed by atoms with E-state index in [1.165, 1.54) is 24.3 Å². The van der Waals surface area contributed by atoms with Crippen LogP contribution in [0.4, 0.5) is 0 Å². The Morgan fingerprint density at radius 3 is 1.70 bits per heavy atom. The molecule has 4 aromatic rings. The number of aryl methyl sites for hydroxylation is 2. The van der Waals surface area contributed by atoms with Crippen LogP contribution in [-0.2, 0) is 27.1 Å². The van der Waals surface area contributed by atoms with Crippen molar-refractivity contribution in [3.63, 3.8) is 0 Å². The number of H-pyrrole nitrogens is 1. The minimum atomic E-state index is -0.273. The minimum absolute atomic E-state index is 0. The van der Waals surface area contributed by atoms with Crippen molar-refractivity contribution in [2.24, 2.45) is 0 Å². The van der Waals surface area contributed by atoms with Crippen molar-refractivity contribution in [3.05, 3.63) is 60.7 Å². The lowest BCUT2D eigenvalue weighted by Gasteiger charge is -2.26.